The highest BCUT2D eigenvalue weighted by atomic mass is 35.5. The normalized spacial score (nSPS) is 21.4. The van der Waals surface area contributed by atoms with Crippen molar-refractivity contribution < 1.29 is 4.74 Å². The molecular formula is C17H20ClN3O. The molecule has 0 bridgehead atoms. The molecule has 2 heterocycles. The highest BCUT2D eigenvalue weighted by Gasteiger charge is 2.38. The zero-order valence-electron chi connectivity index (χ0n) is 12.7. The maximum Gasteiger partial charge on any atom is 0.223 e. The zero-order valence-corrected chi connectivity index (χ0v) is 13.4. The molecule has 2 aliphatic rings. The summed E-state index contributed by atoms with van der Waals surface area (Å²) in [4.78, 5) is 8.74. The van der Waals surface area contributed by atoms with Crippen LogP contribution in [0.5, 0.6) is 5.88 Å². The Labute approximate surface area is 135 Å². The van der Waals surface area contributed by atoms with Gasteiger partial charge in [0.15, 0.2) is 0 Å². The largest absolute Gasteiger partial charge is 0.474 e. The second-order valence-electron chi connectivity index (χ2n) is 6.76. The number of halogens is 1. The van der Waals surface area contributed by atoms with Crippen LogP contribution in [0.3, 0.4) is 0 Å². The van der Waals surface area contributed by atoms with Gasteiger partial charge < -0.3 is 10.5 Å². The summed E-state index contributed by atoms with van der Waals surface area (Å²) in [5, 5.41) is 2.40. The molecule has 2 aromatic rings. The number of aromatic nitrogens is 2. The molecule has 0 unspecified atom stereocenters. The lowest BCUT2D eigenvalue weighted by Crippen LogP contribution is -2.44. The van der Waals surface area contributed by atoms with Crippen LogP contribution in [0.4, 0.5) is 0 Å². The zero-order chi connectivity index (χ0) is 15.3. The standard InChI is InChI=1S/C17H20ClN3O/c1-17(19,10-3-2-4-10)14-9-21-16(22-11-5-6-11)13-8-20-15(18)7-12(13)14/h7-11H,2-6,19H2,1H3/t17-/m1/s1. The van der Waals surface area contributed by atoms with E-state index < -0.39 is 5.54 Å². The highest BCUT2D eigenvalue weighted by Crippen LogP contribution is 2.43. The van der Waals surface area contributed by atoms with Crippen molar-refractivity contribution in [1.29, 1.82) is 0 Å². The molecule has 4 rings (SSSR count). The molecule has 0 aliphatic heterocycles. The summed E-state index contributed by atoms with van der Waals surface area (Å²) < 4.78 is 5.91. The molecule has 2 aromatic heterocycles. The van der Waals surface area contributed by atoms with Crippen LogP contribution >= 0.6 is 11.6 Å². The number of rotatable bonds is 4. The lowest BCUT2D eigenvalue weighted by molar-refractivity contribution is 0.184. The number of fused-ring (bicyclic) bond motifs is 1. The molecule has 4 nitrogen and oxygen atoms in total. The summed E-state index contributed by atoms with van der Waals surface area (Å²) in [6.07, 6.45) is 9.73. The quantitative estimate of drug-likeness (QED) is 0.871. The minimum atomic E-state index is -0.397. The molecule has 0 aromatic carbocycles. The molecule has 2 fully saturated rings. The number of nitrogens with two attached hydrogens (primary N) is 1. The summed E-state index contributed by atoms with van der Waals surface area (Å²) in [6.45, 7) is 2.10. The lowest BCUT2D eigenvalue weighted by atomic mass is 9.69. The summed E-state index contributed by atoms with van der Waals surface area (Å²) in [5.74, 6) is 1.15. The van der Waals surface area contributed by atoms with Gasteiger partial charge in [-0.05, 0) is 55.5 Å². The Balaban J connectivity index is 1.85. The Kier molecular flexibility index (Phi) is 3.27. The third-order valence-electron chi connectivity index (χ3n) is 5.04. The molecule has 2 aliphatic carbocycles. The van der Waals surface area contributed by atoms with Crippen molar-refractivity contribution >= 4 is 22.4 Å². The van der Waals surface area contributed by atoms with Crippen LogP contribution in [0, 0.1) is 5.92 Å². The first kappa shape index (κ1) is 14.2. The maximum atomic E-state index is 6.68. The van der Waals surface area contributed by atoms with E-state index in [0.29, 0.717) is 23.1 Å². The number of hydrogen-bond acceptors (Lipinski definition) is 4. The van der Waals surface area contributed by atoms with Crippen molar-refractivity contribution in [3.63, 3.8) is 0 Å². The van der Waals surface area contributed by atoms with Gasteiger partial charge in [0.25, 0.3) is 0 Å². The van der Waals surface area contributed by atoms with Crippen molar-refractivity contribution in [3.8, 4) is 5.88 Å². The molecule has 0 radical (unpaired) electrons. The topological polar surface area (TPSA) is 61.0 Å². The van der Waals surface area contributed by atoms with Gasteiger partial charge in [-0.25, -0.2) is 9.97 Å². The molecule has 116 valence electrons. The van der Waals surface area contributed by atoms with E-state index in [0.717, 1.165) is 29.2 Å². The van der Waals surface area contributed by atoms with Gasteiger partial charge in [0.1, 0.15) is 11.3 Å². The van der Waals surface area contributed by atoms with Gasteiger partial charge in [-0.1, -0.05) is 18.0 Å². The minimum Gasteiger partial charge on any atom is -0.474 e. The van der Waals surface area contributed by atoms with Crippen molar-refractivity contribution in [2.45, 2.75) is 50.7 Å². The summed E-state index contributed by atoms with van der Waals surface area (Å²) >= 11 is 6.13. The van der Waals surface area contributed by atoms with Crippen LogP contribution in [-0.4, -0.2) is 16.1 Å². The molecule has 22 heavy (non-hydrogen) atoms. The summed E-state index contributed by atoms with van der Waals surface area (Å²) in [6, 6.07) is 1.89. The van der Waals surface area contributed by atoms with Gasteiger partial charge in [0.2, 0.25) is 5.88 Å². The van der Waals surface area contributed by atoms with Crippen LogP contribution in [-0.2, 0) is 5.54 Å². The minimum absolute atomic E-state index is 0.299. The first-order chi connectivity index (χ1) is 10.6. The van der Waals surface area contributed by atoms with Crippen molar-refractivity contribution in [1.82, 2.24) is 9.97 Å². The Morgan fingerprint density at radius 2 is 1.95 bits per heavy atom. The Morgan fingerprint density at radius 3 is 2.59 bits per heavy atom. The van der Waals surface area contributed by atoms with Crippen molar-refractivity contribution in [2.24, 2.45) is 11.7 Å². The third kappa shape index (κ3) is 2.34. The van der Waals surface area contributed by atoms with Crippen LogP contribution in [0.15, 0.2) is 18.5 Å². The molecular weight excluding hydrogens is 298 g/mol. The predicted octanol–water partition coefficient (Wildman–Crippen LogP) is 3.80. The van der Waals surface area contributed by atoms with Gasteiger partial charge in [-0.15, -0.1) is 0 Å². The van der Waals surface area contributed by atoms with Crippen LogP contribution < -0.4 is 10.5 Å². The number of pyridine rings is 2. The van der Waals surface area contributed by atoms with E-state index in [2.05, 4.69) is 16.9 Å². The summed E-state index contributed by atoms with van der Waals surface area (Å²) in [5.41, 5.74) is 7.32. The monoisotopic (exact) mass is 317 g/mol. The second-order valence-corrected chi connectivity index (χ2v) is 7.14. The highest BCUT2D eigenvalue weighted by molar-refractivity contribution is 6.30. The fourth-order valence-electron chi connectivity index (χ4n) is 3.18. The Bertz CT molecular complexity index is 723. The molecule has 0 spiro atoms. The molecule has 2 saturated carbocycles. The van der Waals surface area contributed by atoms with Crippen molar-refractivity contribution in [3.05, 3.63) is 29.2 Å². The maximum absolute atomic E-state index is 6.68. The van der Waals surface area contributed by atoms with Crippen LogP contribution in [0.25, 0.3) is 10.8 Å². The molecule has 0 saturated heterocycles. The molecule has 5 heteroatoms. The Morgan fingerprint density at radius 1 is 1.18 bits per heavy atom. The molecule has 2 N–H and O–H groups in total. The Hall–Kier alpha value is -1.39. The van der Waals surface area contributed by atoms with E-state index in [9.17, 15) is 0 Å². The molecule has 0 amide bonds. The molecule has 1 atom stereocenters. The second kappa shape index (κ2) is 5.07. The number of ether oxygens (including phenoxy) is 1. The fraction of sp³-hybridized carbons (Fsp3) is 0.529. The van der Waals surface area contributed by atoms with Crippen molar-refractivity contribution in [2.75, 3.05) is 0 Å². The van der Waals surface area contributed by atoms with Gasteiger partial charge >= 0.3 is 0 Å². The lowest BCUT2D eigenvalue weighted by Gasteiger charge is -2.41. The fourth-order valence-corrected chi connectivity index (χ4v) is 3.34. The SMILES string of the molecule is C[C@](N)(c1cnc(OC2CC2)c2cnc(Cl)cc12)C1CCC1. The van der Waals surface area contributed by atoms with E-state index >= 15 is 0 Å². The number of hydrogen-bond donors (Lipinski definition) is 1. The number of nitrogens with zero attached hydrogens (tertiary/aromatic N) is 2. The van der Waals surface area contributed by atoms with Gasteiger partial charge in [-0.2, -0.15) is 0 Å². The van der Waals surface area contributed by atoms with Gasteiger partial charge in [0, 0.05) is 17.9 Å². The van der Waals surface area contributed by atoms with Crippen LogP contribution in [0.2, 0.25) is 5.15 Å². The average Bonchev–Trinajstić information content (AvgIpc) is 3.19. The van der Waals surface area contributed by atoms with E-state index in [4.69, 9.17) is 22.1 Å². The van der Waals surface area contributed by atoms with Crippen LogP contribution in [0.1, 0.15) is 44.6 Å². The smallest absolute Gasteiger partial charge is 0.223 e. The van der Waals surface area contributed by atoms with E-state index in [1.165, 1.54) is 19.3 Å². The van der Waals surface area contributed by atoms with E-state index in [1.807, 2.05) is 12.3 Å². The van der Waals surface area contributed by atoms with E-state index in [-0.39, 0.29) is 0 Å². The van der Waals surface area contributed by atoms with E-state index in [1.54, 1.807) is 6.20 Å². The first-order valence-corrected chi connectivity index (χ1v) is 8.34. The van der Waals surface area contributed by atoms with Gasteiger partial charge in [-0.3, -0.25) is 0 Å². The average molecular weight is 318 g/mol. The summed E-state index contributed by atoms with van der Waals surface area (Å²) in [7, 11) is 0. The van der Waals surface area contributed by atoms with Gasteiger partial charge in [0.05, 0.1) is 5.39 Å². The predicted molar refractivity (Wildman–Crippen MR) is 87.1 cm³/mol. The third-order valence-corrected chi connectivity index (χ3v) is 5.25. The first-order valence-electron chi connectivity index (χ1n) is 7.96.